The van der Waals surface area contributed by atoms with Crippen molar-refractivity contribution in [1.82, 2.24) is 15.0 Å². The Labute approximate surface area is 168 Å². The third-order valence-electron chi connectivity index (χ3n) is 4.26. The Bertz CT molecular complexity index is 1060. The summed E-state index contributed by atoms with van der Waals surface area (Å²) in [5.41, 5.74) is 3.59. The van der Waals surface area contributed by atoms with Crippen molar-refractivity contribution in [2.75, 3.05) is 13.6 Å². The Morgan fingerprint density at radius 1 is 1.07 bits per heavy atom. The zero-order valence-corrected chi connectivity index (χ0v) is 17.2. The lowest BCUT2D eigenvalue weighted by atomic mass is 10.1. The highest BCUT2D eigenvalue weighted by molar-refractivity contribution is 7.89. The highest BCUT2D eigenvalue weighted by atomic mass is 32.2. The van der Waals surface area contributed by atoms with Crippen LogP contribution in [0.2, 0.25) is 0 Å². The molecule has 6 nitrogen and oxygen atoms in total. The fourth-order valence-corrected chi connectivity index (χ4v) is 4.02. The lowest BCUT2D eigenvalue weighted by molar-refractivity contribution is 0.0954. The summed E-state index contributed by atoms with van der Waals surface area (Å²) in [5.74, 6) is -0.233. The van der Waals surface area contributed by atoms with E-state index in [1.165, 1.54) is 31.3 Å². The first kappa shape index (κ1) is 20.2. The van der Waals surface area contributed by atoms with Gasteiger partial charge in [0.25, 0.3) is 5.91 Å². The molecule has 0 saturated carbocycles. The van der Waals surface area contributed by atoms with Crippen molar-refractivity contribution in [2.24, 2.45) is 0 Å². The smallest absolute Gasteiger partial charge is 0.251 e. The van der Waals surface area contributed by atoms with Crippen molar-refractivity contribution < 1.29 is 13.2 Å². The number of aromatic nitrogens is 1. The van der Waals surface area contributed by atoms with E-state index in [2.05, 4.69) is 15.0 Å². The minimum atomic E-state index is -3.50. The van der Waals surface area contributed by atoms with E-state index in [0.29, 0.717) is 18.5 Å². The van der Waals surface area contributed by atoms with E-state index in [-0.39, 0.29) is 10.8 Å². The minimum Gasteiger partial charge on any atom is -0.352 e. The summed E-state index contributed by atoms with van der Waals surface area (Å²) < 4.78 is 25.7. The molecule has 0 aliphatic heterocycles. The quantitative estimate of drug-likeness (QED) is 0.621. The van der Waals surface area contributed by atoms with Crippen LogP contribution < -0.4 is 10.0 Å². The molecule has 3 aromatic rings. The van der Waals surface area contributed by atoms with Crippen molar-refractivity contribution in [2.45, 2.75) is 18.2 Å². The van der Waals surface area contributed by atoms with Gasteiger partial charge in [-0.15, -0.1) is 11.3 Å². The van der Waals surface area contributed by atoms with E-state index in [0.717, 1.165) is 21.8 Å². The molecule has 146 valence electrons. The Hall–Kier alpha value is -2.55. The van der Waals surface area contributed by atoms with Gasteiger partial charge < -0.3 is 5.32 Å². The monoisotopic (exact) mass is 415 g/mol. The molecule has 0 unspecified atom stereocenters. The molecule has 8 heteroatoms. The third kappa shape index (κ3) is 4.83. The highest BCUT2D eigenvalue weighted by Crippen LogP contribution is 2.21. The van der Waals surface area contributed by atoms with Crippen LogP contribution >= 0.6 is 11.3 Å². The van der Waals surface area contributed by atoms with Crippen molar-refractivity contribution >= 4 is 27.3 Å². The number of carbonyl (C=O) groups excluding carboxylic acids is 1. The van der Waals surface area contributed by atoms with Crippen molar-refractivity contribution in [3.63, 3.8) is 0 Å². The lowest BCUT2D eigenvalue weighted by Crippen LogP contribution is -2.26. The molecule has 0 atom stereocenters. The van der Waals surface area contributed by atoms with Gasteiger partial charge in [-0.05, 0) is 50.2 Å². The molecule has 1 amide bonds. The molecule has 3 rings (SSSR count). The summed E-state index contributed by atoms with van der Waals surface area (Å²) in [6, 6.07) is 14.0. The molecule has 2 aromatic carbocycles. The zero-order chi connectivity index (χ0) is 20.1. The second-order valence-electron chi connectivity index (χ2n) is 6.19. The van der Waals surface area contributed by atoms with Gasteiger partial charge in [0.05, 0.1) is 15.6 Å². The van der Waals surface area contributed by atoms with Gasteiger partial charge >= 0.3 is 0 Å². The fraction of sp³-hybridized carbons (Fsp3) is 0.200. The Balaban J connectivity index is 1.54. The van der Waals surface area contributed by atoms with Gasteiger partial charge in [-0.2, -0.15) is 0 Å². The number of sulfonamides is 1. The van der Waals surface area contributed by atoms with Gasteiger partial charge in [-0.3, -0.25) is 4.79 Å². The highest BCUT2D eigenvalue weighted by Gasteiger charge is 2.12. The van der Waals surface area contributed by atoms with Gasteiger partial charge in [-0.1, -0.05) is 24.3 Å². The molecule has 28 heavy (non-hydrogen) atoms. The first-order valence-electron chi connectivity index (χ1n) is 8.72. The number of aryl methyl sites for hydroxylation is 1. The number of amides is 1. The van der Waals surface area contributed by atoms with Gasteiger partial charge in [-0.25, -0.2) is 18.1 Å². The number of rotatable bonds is 7. The second-order valence-corrected chi connectivity index (χ2v) is 9.14. The Morgan fingerprint density at radius 2 is 1.75 bits per heavy atom. The van der Waals surface area contributed by atoms with Crippen LogP contribution in [0.25, 0.3) is 11.3 Å². The standard InChI is InChI=1S/C20H21N3O3S2/c1-14-23-19(13-27-14)16-5-3-15(4-6-16)11-12-22-20(24)17-7-9-18(10-8-17)28(25,26)21-2/h3-10,13,21H,11-12H2,1-2H3,(H,22,24). The molecule has 0 fully saturated rings. The average molecular weight is 416 g/mol. The molecular weight excluding hydrogens is 394 g/mol. The van der Waals surface area contributed by atoms with Crippen molar-refractivity contribution in [3.8, 4) is 11.3 Å². The van der Waals surface area contributed by atoms with Crippen LogP contribution in [-0.4, -0.2) is 32.9 Å². The van der Waals surface area contributed by atoms with E-state index < -0.39 is 10.0 Å². The fourth-order valence-electron chi connectivity index (χ4n) is 2.66. The third-order valence-corrected chi connectivity index (χ3v) is 6.47. The molecule has 0 radical (unpaired) electrons. The molecule has 2 N–H and O–H groups in total. The predicted molar refractivity (Wildman–Crippen MR) is 111 cm³/mol. The summed E-state index contributed by atoms with van der Waals surface area (Å²) >= 11 is 1.63. The number of thiazole rings is 1. The van der Waals surface area contributed by atoms with Crippen LogP contribution in [0.4, 0.5) is 0 Å². The first-order chi connectivity index (χ1) is 13.4. The molecule has 0 spiro atoms. The van der Waals surface area contributed by atoms with E-state index in [4.69, 9.17) is 0 Å². The van der Waals surface area contributed by atoms with Crippen LogP contribution in [-0.2, 0) is 16.4 Å². The van der Waals surface area contributed by atoms with Crippen molar-refractivity contribution in [1.29, 1.82) is 0 Å². The van der Waals surface area contributed by atoms with Crippen LogP contribution in [0.1, 0.15) is 20.9 Å². The maximum absolute atomic E-state index is 12.2. The summed E-state index contributed by atoms with van der Waals surface area (Å²) in [6.07, 6.45) is 0.703. The Kier molecular flexibility index (Phi) is 6.23. The second kappa shape index (κ2) is 8.64. The molecule has 0 saturated heterocycles. The van der Waals surface area contributed by atoms with E-state index >= 15 is 0 Å². The van der Waals surface area contributed by atoms with Crippen LogP contribution in [0.5, 0.6) is 0 Å². The minimum absolute atomic E-state index is 0.127. The first-order valence-corrected chi connectivity index (χ1v) is 11.1. The summed E-state index contributed by atoms with van der Waals surface area (Å²) in [6.45, 7) is 2.48. The largest absolute Gasteiger partial charge is 0.352 e. The summed E-state index contributed by atoms with van der Waals surface area (Å²) in [4.78, 5) is 16.8. The van der Waals surface area contributed by atoms with E-state index in [9.17, 15) is 13.2 Å². The topological polar surface area (TPSA) is 88.2 Å². The van der Waals surface area contributed by atoms with Gasteiger partial charge in [0.1, 0.15) is 0 Å². The molecule has 1 aromatic heterocycles. The average Bonchev–Trinajstić information content (AvgIpc) is 3.15. The lowest BCUT2D eigenvalue weighted by Gasteiger charge is -2.07. The molecule has 1 heterocycles. The number of carbonyl (C=O) groups is 1. The number of hydrogen-bond donors (Lipinski definition) is 2. The molecular formula is C20H21N3O3S2. The summed E-state index contributed by atoms with van der Waals surface area (Å²) in [5, 5.41) is 5.93. The van der Waals surface area contributed by atoms with Gasteiger partial charge in [0.15, 0.2) is 0 Å². The summed E-state index contributed by atoms with van der Waals surface area (Å²) in [7, 11) is -2.15. The number of benzene rings is 2. The van der Waals surface area contributed by atoms with Crippen molar-refractivity contribution in [3.05, 3.63) is 70.0 Å². The van der Waals surface area contributed by atoms with Gasteiger partial charge in [0, 0.05) is 23.1 Å². The SMILES string of the molecule is CNS(=O)(=O)c1ccc(C(=O)NCCc2ccc(-c3csc(C)n3)cc2)cc1. The van der Waals surface area contributed by atoms with Gasteiger partial charge in [0.2, 0.25) is 10.0 Å². The van der Waals surface area contributed by atoms with Crippen LogP contribution in [0, 0.1) is 6.92 Å². The number of nitrogens with one attached hydrogen (secondary N) is 2. The molecule has 0 aliphatic carbocycles. The predicted octanol–water partition coefficient (Wildman–Crippen LogP) is 3.00. The molecule has 0 aliphatic rings. The van der Waals surface area contributed by atoms with E-state index in [1.807, 2.05) is 36.6 Å². The number of hydrogen-bond acceptors (Lipinski definition) is 5. The number of nitrogens with zero attached hydrogens (tertiary/aromatic N) is 1. The maximum Gasteiger partial charge on any atom is 0.251 e. The Morgan fingerprint density at radius 3 is 2.32 bits per heavy atom. The van der Waals surface area contributed by atoms with Crippen LogP contribution in [0.3, 0.4) is 0 Å². The van der Waals surface area contributed by atoms with Crippen LogP contribution in [0.15, 0.2) is 58.8 Å². The maximum atomic E-state index is 12.2. The zero-order valence-electron chi connectivity index (χ0n) is 15.6. The van der Waals surface area contributed by atoms with E-state index in [1.54, 1.807) is 11.3 Å². The molecule has 0 bridgehead atoms. The normalized spacial score (nSPS) is 11.4.